The predicted molar refractivity (Wildman–Crippen MR) is 164 cm³/mol. The van der Waals surface area contributed by atoms with Gasteiger partial charge in [-0.05, 0) is 67.2 Å². The SMILES string of the molecule is CCCCCc1ccc(OCCCCNC(=O)c2cc(SCC(=O)O)c3ccccc3c2O)c(CCCCC)c1. The molecule has 3 N–H and O–H groups in total. The largest absolute Gasteiger partial charge is 0.506 e. The maximum Gasteiger partial charge on any atom is 0.313 e. The molecule has 6 nitrogen and oxygen atoms in total. The van der Waals surface area contributed by atoms with E-state index >= 15 is 0 Å². The number of carbonyl (C=O) groups excluding carboxylic acids is 1. The minimum atomic E-state index is -0.939. The van der Waals surface area contributed by atoms with Crippen LogP contribution < -0.4 is 10.1 Å². The molecule has 0 aliphatic carbocycles. The van der Waals surface area contributed by atoms with Gasteiger partial charge in [-0.1, -0.05) is 75.9 Å². The first-order chi connectivity index (χ1) is 19.4. The van der Waals surface area contributed by atoms with E-state index < -0.39 is 5.97 Å². The zero-order chi connectivity index (χ0) is 28.7. The van der Waals surface area contributed by atoms with Crippen LogP contribution in [0.2, 0.25) is 0 Å². The number of hydrogen-bond acceptors (Lipinski definition) is 5. The predicted octanol–water partition coefficient (Wildman–Crippen LogP) is 7.78. The van der Waals surface area contributed by atoms with Crippen molar-refractivity contribution in [1.82, 2.24) is 5.32 Å². The summed E-state index contributed by atoms with van der Waals surface area (Å²) in [6.07, 6.45) is 10.9. The molecular formula is C33H43NO5S. The van der Waals surface area contributed by atoms with Crippen molar-refractivity contribution in [2.75, 3.05) is 18.9 Å². The number of phenols is 1. The molecule has 0 unspecified atom stereocenters. The summed E-state index contributed by atoms with van der Waals surface area (Å²) in [6.45, 7) is 5.47. The molecule has 216 valence electrons. The summed E-state index contributed by atoms with van der Waals surface area (Å²) in [5.74, 6) is -0.570. The van der Waals surface area contributed by atoms with Crippen LogP contribution in [0.3, 0.4) is 0 Å². The smallest absolute Gasteiger partial charge is 0.313 e. The number of benzene rings is 3. The van der Waals surface area contributed by atoms with Crippen molar-refractivity contribution in [3.63, 3.8) is 0 Å². The summed E-state index contributed by atoms with van der Waals surface area (Å²) >= 11 is 1.14. The van der Waals surface area contributed by atoms with Gasteiger partial charge < -0.3 is 20.3 Å². The van der Waals surface area contributed by atoms with Crippen molar-refractivity contribution in [3.05, 3.63) is 65.2 Å². The highest BCUT2D eigenvalue weighted by molar-refractivity contribution is 8.00. The standard InChI is InChI=1S/C33H43NO5S/c1-3-5-7-13-24-17-18-29(25(21-24)14-8-6-4-2)39-20-12-11-19-34-33(38)28-22-30(40-23-31(35)36)26-15-9-10-16-27(26)32(28)37/h9-10,15-18,21-22,37H,3-8,11-14,19-20,23H2,1-2H3,(H,34,38)(H,35,36). The number of fused-ring (bicyclic) bond motifs is 1. The third-order valence-corrected chi connectivity index (χ3v) is 7.97. The number of carboxylic acid groups (broad SMARTS) is 1. The average Bonchev–Trinajstić information content (AvgIpc) is 2.95. The number of aromatic hydroxyl groups is 1. The van der Waals surface area contributed by atoms with Gasteiger partial charge in [0.15, 0.2) is 0 Å². The first kappa shape index (κ1) is 31.3. The van der Waals surface area contributed by atoms with Gasteiger partial charge in [0, 0.05) is 16.8 Å². The zero-order valence-corrected chi connectivity index (χ0v) is 24.7. The quantitative estimate of drug-likeness (QED) is 0.108. The van der Waals surface area contributed by atoms with Crippen LogP contribution in [0.15, 0.2) is 53.4 Å². The molecule has 0 aliphatic rings. The van der Waals surface area contributed by atoms with E-state index in [-0.39, 0.29) is 23.0 Å². The van der Waals surface area contributed by atoms with Gasteiger partial charge in [0.05, 0.1) is 17.9 Å². The molecule has 0 fully saturated rings. The fraction of sp³-hybridized carbons (Fsp3) is 0.455. The molecule has 0 heterocycles. The Balaban J connectivity index is 1.53. The lowest BCUT2D eigenvalue weighted by Crippen LogP contribution is -2.25. The van der Waals surface area contributed by atoms with E-state index in [0.29, 0.717) is 23.4 Å². The Morgan fingerprint density at radius 2 is 1.60 bits per heavy atom. The second kappa shape index (κ2) is 16.8. The first-order valence-corrected chi connectivity index (χ1v) is 15.5. The highest BCUT2D eigenvalue weighted by Gasteiger charge is 2.18. The monoisotopic (exact) mass is 565 g/mol. The first-order valence-electron chi connectivity index (χ1n) is 14.6. The molecule has 1 amide bonds. The van der Waals surface area contributed by atoms with Crippen LogP contribution in [-0.4, -0.2) is 41.0 Å². The lowest BCUT2D eigenvalue weighted by atomic mass is 10.00. The van der Waals surface area contributed by atoms with Crippen LogP contribution in [0.5, 0.6) is 11.5 Å². The van der Waals surface area contributed by atoms with Crippen LogP contribution in [0.1, 0.15) is 86.7 Å². The Bertz CT molecular complexity index is 1260. The van der Waals surface area contributed by atoms with Gasteiger partial charge in [0.2, 0.25) is 0 Å². The Hall–Kier alpha value is -3.19. The van der Waals surface area contributed by atoms with Crippen LogP contribution in [0.25, 0.3) is 10.8 Å². The van der Waals surface area contributed by atoms with Crippen molar-refractivity contribution < 1.29 is 24.5 Å². The van der Waals surface area contributed by atoms with Gasteiger partial charge in [-0.2, -0.15) is 0 Å². The molecule has 0 radical (unpaired) electrons. The summed E-state index contributed by atoms with van der Waals surface area (Å²) < 4.78 is 6.17. The highest BCUT2D eigenvalue weighted by atomic mass is 32.2. The van der Waals surface area contributed by atoms with Gasteiger partial charge in [0.25, 0.3) is 5.91 Å². The van der Waals surface area contributed by atoms with E-state index in [1.165, 1.54) is 43.2 Å². The van der Waals surface area contributed by atoms with E-state index in [0.717, 1.165) is 55.0 Å². The molecule has 0 aliphatic heterocycles. The van der Waals surface area contributed by atoms with E-state index in [1.807, 2.05) is 12.1 Å². The van der Waals surface area contributed by atoms with Crippen molar-refractivity contribution >= 4 is 34.4 Å². The average molecular weight is 566 g/mol. The maximum absolute atomic E-state index is 12.9. The third-order valence-electron chi connectivity index (χ3n) is 6.93. The van der Waals surface area contributed by atoms with Crippen LogP contribution in [0, 0.1) is 0 Å². The topological polar surface area (TPSA) is 95.9 Å². The van der Waals surface area contributed by atoms with Crippen LogP contribution in [0.4, 0.5) is 0 Å². The van der Waals surface area contributed by atoms with Crippen molar-refractivity contribution in [1.29, 1.82) is 0 Å². The number of rotatable bonds is 18. The molecule has 0 atom stereocenters. The Morgan fingerprint density at radius 1 is 0.875 bits per heavy atom. The molecule has 0 bridgehead atoms. The fourth-order valence-corrected chi connectivity index (χ4v) is 5.55. The molecule has 0 saturated carbocycles. The fourth-order valence-electron chi connectivity index (χ4n) is 4.73. The number of phenolic OH excluding ortho intramolecular Hbond substituents is 1. The van der Waals surface area contributed by atoms with Crippen molar-refractivity contribution in [3.8, 4) is 11.5 Å². The summed E-state index contributed by atoms with van der Waals surface area (Å²) in [5, 5.41) is 24.0. The Kier molecular flexibility index (Phi) is 13.2. The highest BCUT2D eigenvalue weighted by Crippen LogP contribution is 2.36. The van der Waals surface area contributed by atoms with E-state index in [2.05, 4.69) is 37.4 Å². The second-order valence-electron chi connectivity index (χ2n) is 10.2. The normalized spacial score (nSPS) is 11.1. The van der Waals surface area contributed by atoms with Gasteiger partial charge >= 0.3 is 5.97 Å². The number of aryl methyl sites for hydroxylation is 2. The summed E-state index contributed by atoms with van der Waals surface area (Å²) in [5.41, 5.74) is 2.83. The third kappa shape index (κ3) is 9.47. The molecular weight excluding hydrogens is 522 g/mol. The number of amides is 1. The van der Waals surface area contributed by atoms with Crippen molar-refractivity contribution in [2.24, 2.45) is 0 Å². The van der Waals surface area contributed by atoms with Crippen LogP contribution >= 0.6 is 11.8 Å². The summed E-state index contributed by atoms with van der Waals surface area (Å²) in [6, 6.07) is 15.4. The van der Waals surface area contributed by atoms with Gasteiger partial charge in [0.1, 0.15) is 11.5 Å². The van der Waals surface area contributed by atoms with Gasteiger partial charge in [-0.3, -0.25) is 9.59 Å². The molecule has 0 saturated heterocycles. The number of unbranched alkanes of at least 4 members (excludes halogenated alkanes) is 5. The molecule has 0 spiro atoms. The number of hydrogen-bond donors (Lipinski definition) is 3. The van der Waals surface area contributed by atoms with Crippen LogP contribution in [-0.2, 0) is 17.6 Å². The molecule has 3 aromatic rings. The minimum Gasteiger partial charge on any atom is -0.506 e. The van der Waals surface area contributed by atoms with Gasteiger partial charge in [-0.15, -0.1) is 11.8 Å². The molecule has 0 aromatic heterocycles. The lowest BCUT2D eigenvalue weighted by molar-refractivity contribution is -0.133. The number of ether oxygens (including phenoxy) is 1. The van der Waals surface area contributed by atoms with E-state index in [1.54, 1.807) is 18.2 Å². The zero-order valence-electron chi connectivity index (χ0n) is 23.8. The number of thioether (sulfide) groups is 1. The molecule has 3 aromatic carbocycles. The summed E-state index contributed by atoms with van der Waals surface area (Å²) in [4.78, 5) is 24.7. The molecule has 3 rings (SSSR count). The van der Waals surface area contributed by atoms with E-state index in [9.17, 15) is 14.7 Å². The minimum absolute atomic E-state index is 0.0927. The Morgan fingerprint density at radius 3 is 2.33 bits per heavy atom. The second-order valence-corrected chi connectivity index (χ2v) is 11.2. The van der Waals surface area contributed by atoms with E-state index in [4.69, 9.17) is 9.84 Å². The number of aliphatic carboxylic acids is 1. The lowest BCUT2D eigenvalue weighted by Gasteiger charge is -2.14. The maximum atomic E-state index is 12.9. The number of carbonyl (C=O) groups is 2. The number of carboxylic acids is 1. The molecule has 40 heavy (non-hydrogen) atoms. The van der Waals surface area contributed by atoms with Crippen molar-refractivity contribution in [2.45, 2.75) is 83.0 Å². The summed E-state index contributed by atoms with van der Waals surface area (Å²) in [7, 11) is 0. The number of nitrogens with one attached hydrogen (secondary N) is 1. The Labute approximate surface area is 242 Å². The molecule has 7 heteroatoms. The van der Waals surface area contributed by atoms with Gasteiger partial charge in [-0.25, -0.2) is 0 Å².